The maximum atomic E-state index is 11.2. The summed E-state index contributed by atoms with van der Waals surface area (Å²) in [5, 5.41) is 1.92. The molecule has 1 aromatic heterocycles. The molecular weight excluding hydrogens is 260 g/mol. The molecule has 0 spiro atoms. The van der Waals surface area contributed by atoms with Gasteiger partial charge in [-0.15, -0.1) is 0 Å². The van der Waals surface area contributed by atoms with Gasteiger partial charge in [-0.05, 0) is 16.7 Å². The van der Waals surface area contributed by atoms with Crippen LogP contribution in [0.1, 0.15) is 0 Å². The van der Waals surface area contributed by atoms with E-state index in [9.17, 15) is 4.79 Å². The van der Waals surface area contributed by atoms with E-state index in [-0.39, 0.29) is 4.06 Å². The minimum Gasteiger partial charge on any atom is -0.265 e. The van der Waals surface area contributed by atoms with E-state index in [0.717, 1.165) is 10.4 Å². The highest BCUT2D eigenvalue weighted by Gasteiger charge is 2.02. The fourth-order valence-electron chi connectivity index (χ4n) is 1.82. The van der Waals surface area contributed by atoms with E-state index in [1.54, 1.807) is 0 Å². The van der Waals surface area contributed by atoms with Gasteiger partial charge >= 0.3 is 0 Å². The van der Waals surface area contributed by atoms with E-state index in [1.807, 2.05) is 23.6 Å². The van der Waals surface area contributed by atoms with Crippen LogP contribution in [0.25, 0.3) is 21.6 Å². The van der Waals surface area contributed by atoms with E-state index in [0.29, 0.717) is 0 Å². The number of benzene rings is 2. The zero-order valence-electron chi connectivity index (χ0n) is 9.50. The fraction of sp³-hybridized carbons (Fsp3) is 0. The number of hydrogen-bond donors (Lipinski definition) is 0. The summed E-state index contributed by atoms with van der Waals surface area (Å²) in [6, 6.07) is 18.6. The van der Waals surface area contributed by atoms with E-state index >= 15 is 0 Å². The Morgan fingerprint density at radius 3 is 1.94 bits per heavy atom. The summed E-state index contributed by atoms with van der Waals surface area (Å²) < 4.78 is 0.150. The number of hydrogen-bond acceptors (Lipinski definition) is 3. The molecule has 0 atom stereocenters. The SMILES string of the molecule is O=c1scc(-c2ccc(-c3ccccc3)cc2)s1. The molecule has 0 bridgehead atoms. The van der Waals surface area contributed by atoms with Crippen molar-refractivity contribution in [2.75, 3.05) is 0 Å². The van der Waals surface area contributed by atoms with Crippen molar-refractivity contribution < 1.29 is 0 Å². The first-order valence-corrected chi connectivity index (χ1v) is 7.27. The van der Waals surface area contributed by atoms with Gasteiger partial charge in [0.25, 0.3) is 4.06 Å². The van der Waals surface area contributed by atoms with Crippen molar-refractivity contribution in [1.82, 2.24) is 0 Å². The van der Waals surface area contributed by atoms with Gasteiger partial charge in [0.2, 0.25) is 0 Å². The molecule has 2 aromatic carbocycles. The van der Waals surface area contributed by atoms with Crippen molar-refractivity contribution in [3.05, 3.63) is 68.8 Å². The Balaban J connectivity index is 1.97. The molecule has 0 amide bonds. The molecule has 1 nitrogen and oxygen atoms in total. The molecule has 0 saturated heterocycles. The van der Waals surface area contributed by atoms with E-state index in [2.05, 4.69) is 36.4 Å². The standard InChI is InChI=1S/C15H10OS2/c16-15-17-10-14(18-15)13-8-6-12(7-9-13)11-4-2-1-3-5-11/h1-10H. The zero-order chi connectivity index (χ0) is 12.4. The van der Waals surface area contributed by atoms with Gasteiger partial charge in [0.05, 0.1) is 0 Å². The van der Waals surface area contributed by atoms with Crippen LogP contribution >= 0.6 is 22.7 Å². The number of rotatable bonds is 2. The Bertz CT molecular complexity index is 693. The first kappa shape index (κ1) is 11.4. The van der Waals surface area contributed by atoms with Crippen LogP contribution in [0, 0.1) is 0 Å². The summed E-state index contributed by atoms with van der Waals surface area (Å²) in [5.41, 5.74) is 3.52. The molecule has 88 valence electrons. The molecule has 1 heterocycles. The van der Waals surface area contributed by atoms with Gasteiger partial charge in [0, 0.05) is 10.3 Å². The Labute approximate surface area is 113 Å². The van der Waals surface area contributed by atoms with Gasteiger partial charge in [0.1, 0.15) is 0 Å². The summed E-state index contributed by atoms with van der Waals surface area (Å²) >= 11 is 2.57. The second kappa shape index (κ2) is 4.88. The van der Waals surface area contributed by atoms with Gasteiger partial charge in [-0.25, -0.2) is 0 Å². The van der Waals surface area contributed by atoms with Gasteiger partial charge in [0.15, 0.2) is 0 Å². The lowest BCUT2D eigenvalue weighted by atomic mass is 10.0. The Morgan fingerprint density at radius 2 is 1.33 bits per heavy atom. The van der Waals surface area contributed by atoms with Gasteiger partial charge in [-0.1, -0.05) is 77.3 Å². The molecule has 0 N–H and O–H groups in total. The Kier molecular flexibility index (Phi) is 3.09. The van der Waals surface area contributed by atoms with Crippen molar-refractivity contribution in [3.63, 3.8) is 0 Å². The van der Waals surface area contributed by atoms with Gasteiger partial charge < -0.3 is 0 Å². The molecule has 0 aliphatic rings. The molecule has 0 fully saturated rings. The van der Waals surface area contributed by atoms with Crippen LogP contribution < -0.4 is 4.06 Å². The van der Waals surface area contributed by atoms with Gasteiger partial charge in [-0.2, -0.15) is 0 Å². The normalized spacial score (nSPS) is 10.4. The monoisotopic (exact) mass is 270 g/mol. The Morgan fingerprint density at radius 1 is 0.722 bits per heavy atom. The Hall–Kier alpha value is -1.71. The highest BCUT2D eigenvalue weighted by molar-refractivity contribution is 7.28. The van der Waals surface area contributed by atoms with E-state index < -0.39 is 0 Å². The molecule has 3 rings (SSSR count). The molecule has 3 aromatic rings. The van der Waals surface area contributed by atoms with Crippen molar-refractivity contribution >= 4 is 22.7 Å². The second-order valence-electron chi connectivity index (χ2n) is 3.90. The topological polar surface area (TPSA) is 17.1 Å². The van der Waals surface area contributed by atoms with Crippen LogP contribution in [0.15, 0.2) is 64.8 Å². The van der Waals surface area contributed by atoms with Crippen molar-refractivity contribution in [2.45, 2.75) is 0 Å². The second-order valence-corrected chi connectivity index (χ2v) is 6.01. The molecule has 0 radical (unpaired) electrons. The molecule has 3 heteroatoms. The fourth-order valence-corrected chi connectivity index (χ4v) is 3.54. The smallest absolute Gasteiger partial charge is 0.265 e. The summed E-state index contributed by atoms with van der Waals surface area (Å²) in [6.07, 6.45) is 0. The third-order valence-electron chi connectivity index (χ3n) is 2.73. The van der Waals surface area contributed by atoms with Crippen molar-refractivity contribution in [2.24, 2.45) is 0 Å². The van der Waals surface area contributed by atoms with E-state index in [4.69, 9.17) is 0 Å². The highest BCUT2D eigenvalue weighted by atomic mass is 32.2. The average Bonchev–Trinajstić information content (AvgIpc) is 2.87. The molecule has 18 heavy (non-hydrogen) atoms. The lowest BCUT2D eigenvalue weighted by molar-refractivity contribution is 1.62. The quantitative estimate of drug-likeness (QED) is 0.670. The summed E-state index contributed by atoms with van der Waals surface area (Å²) in [4.78, 5) is 12.2. The third kappa shape index (κ3) is 2.28. The van der Waals surface area contributed by atoms with Crippen LogP contribution in [0.3, 0.4) is 0 Å². The van der Waals surface area contributed by atoms with Crippen LogP contribution in [0.2, 0.25) is 0 Å². The summed E-state index contributed by atoms with van der Waals surface area (Å²) in [6.45, 7) is 0. The van der Waals surface area contributed by atoms with Crippen LogP contribution in [-0.2, 0) is 0 Å². The summed E-state index contributed by atoms with van der Waals surface area (Å²) in [5.74, 6) is 0. The third-order valence-corrected chi connectivity index (χ3v) is 4.71. The van der Waals surface area contributed by atoms with Crippen LogP contribution in [0.5, 0.6) is 0 Å². The van der Waals surface area contributed by atoms with Crippen LogP contribution in [-0.4, -0.2) is 0 Å². The molecule has 0 aliphatic carbocycles. The van der Waals surface area contributed by atoms with E-state index in [1.165, 1.54) is 33.8 Å². The first-order chi connectivity index (χ1) is 8.83. The first-order valence-electron chi connectivity index (χ1n) is 5.57. The van der Waals surface area contributed by atoms with Crippen molar-refractivity contribution in [3.8, 4) is 21.6 Å². The average molecular weight is 270 g/mol. The predicted octanol–water partition coefficient (Wildman–Crippen LogP) is 4.50. The highest BCUT2D eigenvalue weighted by Crippen LogP contribution is 2.27. The molecule has 0 aliphatic heterocycles. The van der Waals surface area contributed by atoms with Crippen molar-refractivity contribution in [1.29, 1.82) is 0 Å². The largest absolute Gasteiger partial charge is 0.287 e. The maximum absolute atomic E-state index is 11.2. The predicted molar refractivity (Wildman–Crippen MR) is 79.3 cm³/mol. The summed E-state index contributed by atoms with van der Waals surface area (Å²) in [7, 11) is 0. The molecular formula is C15H10OS2. The molecule has 0 saturated carbocycles. The zero-order valence-corrected chi connectivity index (χ0v) is 11.1. The lowest BCUT2D eigenvalue weighted by Gasteiger charge is -2.02. The molecule has 0 unspecified atom stereocenters. The van der Waals surface area contributed by atoms with Crippen LogP contribution in [0.4, 0.5) is 0 Å². The minimum atomic E-state index is 0.150. The lowest BCUT2D eigenvalue weighted by Crippen LogP contribution is -1.78. The maximum Gasteiger partial charge on any atom is 0.287 e. The van der Waals surface area contributed by atoms with Gasteiger partial charge in [-0.3, -0.25) is 4.79 Å². The minimum absolute atomic E-state index is 0.150.